The Kier molecular flexibility index (Phi) is 11.6. The predicted octanol–water partition coefficient (Wildman–Crippen LogP) is 3.90. The molecule has 0 fully saturated rings. The third kappa shape index (κ3) is 6.68. The third-order valence-corrected chi connectivity index (χ3v) is 8.95. The molecule has 3 nitrogen and oxygen atoms in total. The Bertz CT molecular complexity index is 162. The van der Waals surface area contributed by atoms with E-state index in [0.29, 0.717) is 19.8 Å². The van der Waals surface area contributed by atoms with E-state index in [-0.39, 0.29) is 4.45 Å². The monoisotopic (exact) mass is 390 g/mol. The van der Waals surface area contributed by atoms with Crippen LogP contribution >= 0.6 is 31.9 Å². The number of hydrogen-bond acceptors (Lipinski definition) is 3. The van der Waals surface area contributed by atoms with Gasteiger partial charge in [-0.15, -0.1) is 0 Å². The highest BCUT2D eigenvalue weighted by molar-refractivity contribution is 9.12. The van der Waals surface area contributed by atoms with Gasteiger partial charge in [0, 0.05) is 25.2 Å². The molecule has 0 N–H and O–H groups in total. The van der Waals surface area contributed by atoms with Gasteiger partial charge < -0.3 is 13.3 Å². The number of alkyl halides is 2. The normalized spacial score (nSPS) is 13.9. The fraction of sp³-hybridized carbons (Fsp3) is 1.00. The highest BCUT2D eigenvalue weighted by Gasteiger charge is 2.48. The summed E-state index contributed by atoms with van der Waals surface area (Å²) in [6.45, 7) is 8.35. The Balaban J connectivity index is 4.63. The zero-order chi connectivity index (χ0) is 13.1. The molecule has 0 saturated carbocycles. The topological polar surface area (TPSA) is 27.7 Å². The van der Waals surface area contributed by atoms with Gasteiger partial charge in [-0.2, -0.15) is 0 Å². The van der Waals surface area contributed by atoms with Crippen LogP contribution in [-0.4, -0.2) is 38.4 Å². The molecule has 0 aromatic rings. The van der Waals surface area contributed by atoms with E-state index in [1.54, 1.807) is 0 Å². The maximum atomic E-state index is 5.95. The van der Waals surface area contributed by atoms with Gasteiger partial charge in [0.15, 0.2) is 0 Å². The van der Waals surface area contributed by atoms with E-state index in [2.05, 4.69) is 52.6 Å². The number of hydrogen-bond donors (Lipinski definition) is 0. The molecule has 0 bridgehead atoms. The van der Waals surface area contributed by atoms with Crippen LogP contribution in [-0.2, 0) is 13.3 Å². The van der Waals surface area contributed by atoms with Crippen molar-refractivity contribution < 1.29 is 13.3 Å². The van der Waals surface area contributed by atoms with Crippen LogP contribution in [0.3, 0.4) is 0 Å². The molecule has 0 aliphatic heterocycles. The molecule has 104 valence electrons. The van der Waals surface area contributed by atoms with Crippen LogP contribution < -0.4 is 0 Å². The highest BCUT2D eigenvalue weighted by Crippen LogP contribution is 2.24. The Labute approximate surface area is 123 Å². The van der Waals surface area contributed by atoms with Crippen LogP contribution in [0.2, 0.25) is 0 Å². The summed E-state index contributed by atoms with van der Waals surface area (Å²) >= 11 is 7.11. The molecule has 0 saturated heterocycles. The van der Waals surface area contributed by atoms with Gasteiger partial charge in [0.05, 0.1) is 4.45 Å². The second kappa shape index (κ2) is 10.9. The van der Waals surface area contributed by atoms with Crippen molar-refractivity contribution >= 4 is 40.7 Å². The Morgan fingerprint density at radius 2 is 1.24 bits per heavy atom. The first-order chi connectivity index (χ1) is 8.16. The maximum absolute atomic E-state index is 5.95. The summed E-state index contributed by atoms with van der Waals surface area (Å²) in [5, 5.41) is 0.774. The fourth-order valence-corrected chi connectivity index (χ4v) is 6.05. The summed E-state index contributed by atoms with van der Waals surface area (Å²) in [7, 11) is -2.59. The van der Waals surface area contributed by atoms with E-state index in [0.717, 1.165) is 24.6 Å². The van der Waals surface area contributed by atoms with Gasteiger partial charge in [0.2, 0.25) is 0 Å². The van der Waals surface area contributed by atoms with E-state index in [9.17, 15) is 0 Å². The Morgan fingerprint density at radius 3 is 1.47 bits per heavy atom. The van der Waals surface area contributed by atoms with E-state index in [1.807, 2.05) is 0 Å². The molecule has 0 aromatic heterocycles. The minimum absolute atomic E-state index is 0.111. The maximum Gasteiger partial charge on any atom is 0.516 e. The summed E-state index contributed by atoms with van der Waals surface area (Å²) in [6.07, 6.45) is 2.92. The van der Waals surface area contributed by atoms with Crippen molar-refractivity contribution in [2.75, 3.05) is 25.2 Å². The van der Waals surface area contributed by atoms with Crippen LogP contribution in [0.5, 0.6) is 0 Å². The van der Waals surface area contributed by atoms with Crippen molar-refractivity contribution in [2.24, 2.45) is 0 Å². The average molecular weight is 392 g/mol. The SMILES string of the molecule is CCCO[Si](OCCC)(OCCC)C(Br)CBr. The van der Waals surface area contributed by atoms with Crippen molar-refractivity contribution in [3.63, 3.8) is 0 Å². The van der Waals surface area contributed by atoms with Gasteiger partial charge in [-0.25, -0.2) is 0 Å². The van der Waals surface area contributed by atoms with Gasteiger partial charge in [0.1, 0.15) is 0 Å². The molecule has 0 aromatic carbocycles. The predicted molar refractivity (Wildman–Crippen MR) is 81.0 cm³/mol. The lowest BCUT2D eigenvalue weighted by molar-refractivity contribution is 0.0595. The molecule has 0 heterocycles. The molecule has 0 amide bonds. The van der Waals surface area contributed by atoms with Crippen LogP contribution in [0.1, 0.15) is 40.0 Å². The van der Waals surface area contributed by atoms with E-state index in [1.165, 1.54) is 0 Å². The van der Waals surface area contributed by atoms with E-state index >= 15 is 0 Å². The van der Waals surface area contributed by atoms with Crippen molar-refractivity contribution in [1.82, 2.24) is 0 Å². The highest BCUT2D eigenvalue weighted by atomic mass is 79.9. The lowest BCUT2D eigenvalue weighted by atomic mass is 10.5. The first-order valence-electron chi connectivity index (χ1n) is 6.28. The second-order valence-corrected chi connectivity index (χ2v) is 9.14. The lowest BCUT2D eigenvalue weighted by Gasteiger charge is -2.32. The van der Waals surface area contributed by atoms with Crippen molar-refractivity contribution in [1.29, 1.82) is 0 Å². The molecule has 6 heteroatoms. The van der Waals surface area contributed by atoms with Crippen molar-refractivity contribution in [3.05, 3.63) is 0 Å². The Morgan fingerprint density at radius 1 is 0.882 bits per heavy atom. The Hall–Kier alpha value is 1.06. The number of rotatable bonds is 11. The summed E-state index contributed by atoms with van der Waals surface area (Å²) in [6, 6.07) is 0. The van der Waals surface area contributed by atoms with E-state index in [4.69, 9.17) is 13.3 Å². The fourth-order valence-electron chi connectivity index (χ4n) is 1.22. The van der Waals surface area contributed by atoms with Crippen molar-refractivity contribution in [2.45, 2.75) is 44.5 Å². The second-order valence-electron chi connectivity index (χ2n) is 3.77. The minimum atomic E-state index is -2.59. The van der Waals surface area contributed by atoms with Crippen LogP contribution in [0.25, 0.3) is 0 Å². The van der Waals surface area contributed by atoms with Gasteiger partial charge in [-0.3, -0.25) is 0 Å². The summed E-state index contributed by atoms with van der Waals surface area (Å²) in [4.78, 5) is 0. The zero-order valence-corrected chi connectivity index (χ0v) is 15.2. The quantitative estimate of drug-likeness (QED) is 0.394. The zero-order valence-electron chi connectivity index (χ0n) is 11.0. The lowest BCUT2D eigenvalue weighted by Crippen LogP contribution is -2.55. The molecule has 0 aliphatic carbocycles. The smallest absolute Gasteiger partial charge is 0.373 e. The molecule has 1 unspecified atom stereocenters. The summed E-state index contributed by atoms with van der Waals surface area (Å²) in [5.41, 5.74) is 0. The van der Waals surface area contributed by atoms with Crippen LogP contribution in [0, 0.1) is 0 Å². The van der Waals surface area contributed by atoms with Gasteiger partial charge >= 0.3 is 8.80 Å². The summed E-state index contributed by atoms with van der Waals surface area (Å²) in [5.74, 6) is 0. The first-order valence-corrected chi connectivity index (χ1v) is 10.1. The largest absolute Gasteiger partial charge is 0.516 e. The van der Waals surface area contributed by atoms with Crippen LogP contribution in [0.15, 0.2) is 0 Å². The molecular weight excluding hydrogens is 368 g/mol. The van der Waals surface area contributed by atoms with Gasteiger partial charge in [0.25, 0.3) is 0 Å². The number of halogens is 2. The molecule has 1 atom stereocenters. The molecule has 0 spiro atoms. The van der Waals surface area contributed by atoms with Crippen molar-refractivity contribution in [3.8, 4) is 0 Å². The van der Waals surface area contributed by atoms with Gasteiger partial charge in [-0.1, -0.05) is 52.6 Å². The third-order valence-electron chi connectivity index (χ3n) is 2.04. The van der Waals surface area contributed by atoms with Gasteiger partial charge in [-0.05, 0) is 19.3 Å². The summed E-state index contributed by atoms with van der Waals surface area (Å²) < 4.78 is 18.0. The molecule has 0 aliphatic rings. The average Bonchev–Trinajstić information content (AvgIpc) is 2.37. The molecule has 17 heavy (non-hydrogen) atoms. The standard InChI is InChI=1S/C11H24Br2O3Si/c1-4-7-14-17(11(13)10-12,15-8-5-2)16-9-6-3/h11H,4-10H2,1-3H3. The molecule has 0 radical (unpaired) electrons. The molecule has 0 rings (SSSR count). The minimum Gasteiger partial charge on any atom is -0.373 e. The van der Waals surface area contributed by atoms with Crippen LogP contribution in [0.4, 0.5) is 0 Å². The first kappa shape index (κ1) is 18.1. The molecular formula is C11H24Br2O3Si. The van der Waals surface area contributed by atoms with E-state index < -0.39 is 8.80 Å².